The molecular formula is C19H27FN4O3. The van der Waals surface area contributed by atoms with Gasteiger partial charge in [0.25, 0.3) is 5.91 Å². The van der Waals surface area contributed by atoms with Gasteiger partial charge in [0.15, 0.2) is 0 Å². The molecular weight excluding hydrogens is 351 g/mol. The molecule has 1 aliphatic rings. The number of carbonyl (C=O) groups excluding carboxylic acids is 2. The number of primary amides is 1. The maximum absolute atomic E-state index is 13.2. The molecule has 7 nitrogen and oxygen atoms in total. The number of ether oxygens (including phenoxy) is 1. The van der Waals surface area contributed by atoms with Crippen molar-refractivity contribution in [3.05, 3.63) is 30.1 Å². The van der Waals surface area contributed by atoms with Gasteiger partial charge in [-0.25, -0.2) is 4.39 Å². The summed E-state index contributed by atoms with van der Waals surface area (Å²) in [6, 6.07) is 4.84. The number of hydrazone groups is 1. The van der Waals surface area contributed by atoms with E-state index in [0.717, 1.165) is 12.8 Å². The molecule has 148 valence electrons. The number of rotatable bonds is 9. The molecule has 1 heterocycles. The minimum Gasteiger partial charge on any atom is -0.383 e. The molecule has 0 saturated carbocycles. The van der Waals surface area contributed by atoms with Crippen LogP contribution in [0.4, 0.5) is 10.1 Å². The standard InChI is InChI=1S/C19H27FN4O3/c1-4-14(5-2)23(10-11-27-3)19(26)16-12-17(18(21)25)24(22-16)15-8-6-13(20)7-9-15/h6-9,14,17H,4-5,10-12H2,1-3H3,(H2,21,25). The number of methoxy groups -OCH3 is 1. The molecule has 8 heteroatoms. The minimum atomic E-state index is -0.777. The number of hydrogen-bond donors (Lipinski definition) is 1. The summed E-state index contributed by atoms with van der Waals surface area (Å²) >= 11 is 0. The predicted molar refractivity (Wildman–Crippen MR) is 102 cm³/mol. The number of anilines is 1. The zero-order valence-corrected chi connectivity index (χ0v) is 16.0. The lowest BCUT2D eigenvalue weighted by Gasteiger charge is -2.30. The van der Waals surface area contributed by atoms with Crippen molar-refractivity contribution in [2.75, 3.05) is 25.3 Å². The molecule has 1 unspecified atom stereocenters. The van der Waals surface area contributed by atoms with E-state index < -0.39 is 17.8 Å². The summed E-state index contributed by atoms with van der Waals surface area (Å²) in [5, 5.41) is 5.76. The average molecular weight is 378 g/mol. The van der Waals surface area contributed by atoms with Crippen LogP contribution in [0.3, 0.4) is 0 Å². The molecule has 0 spiro atoms. The van der Waals surface area contributed by atoms with E-state index in [-0.39, 0.29) is 24.1 Å². The largest absolute Gasteiger partial charge is 0.383 e. The Kier molecular flexibility index (Phi) is 7.29. The van der Waals surface area contributed by atoms with Crippen molar-refractivity contribution in [2.45, 2.75) is 45.2 Å². The van der Waals surface area contributed by atoms with Gasteiger partial charge in [-0.3, -0.25) is 14.6 Å². The fourth-order valence-corrected chi connectivity index (χ4v) is 3.23. The Morgan fingerprint density at radius 1 is 1.33 bits per heavy atom. The molecule has 27 heavy (non-hydrogen) atoms. The molecule has 0 saturated heterocycles. The number of amides is 2. The Morgan fingerprint density at radius 2 is 1.96 bits per heavy atom. The first kappa shape index (κ1) is 20.8. The quantitative estimate of drug-likeness (QED) is 0.711. The zero-order chi connectivity index (χ0) is 20.0. The van der Waals surface area contributed by atoms with Gasteiger partial charge < -0.3 is 15.4 Å². The van der Waals surface area contributed by atoms with Crippen LogP contribution in [-0.2, 0) is 14.3 Å². The lowest BCUT2D eigenvalue weighted by atomic mass is 10.1. The molecule has 2 amide bonds. The third-order valence-corrected chi connectivity index (χ3v) is 4.76. The molecule has 0 aliphatic carbocycles. The fourth-order valence-electron chi connectivity index (χ4n) is 3.23. The summed E-state index contributed by atoms with van der Waals surface area (Å²) in [4.78, 5) is 26.8. The van der Waals surface area contributed by atoms with E-state index in [2.05, 4.69) is 5.10 Å². The summed E-state index contributed by atoms with van der Waals surface area (Å²) in [5.74, 6) is -1.21. The second kappa shape index (κ2) is 9.45. The monoisotopic (exact) mass is 378 g/mol. The molecule has 2 N–H and O–H groups in total. The molecule has 1 aromatic rings. The van der Waals surface area contributed by atoms with Crippen LogP contribution in [0.2, 0.25) is 0 Å². The van der Waals surface area contributed by atoms with Crippen LogP contribution in [-0.4, -0.2) is 54.8 Å². The predicted octanol–water partition coefficient (Wildman–Crippen LogP) is 1.91. The molecule has 2 rings (SSSR count). The van der Waals surface area contributed by atoms with E-state index >= 15 is 0 Å². The van der Waals surface area contributed by atoms with Gasteiger partial charge in [-0.2, -0.15) is 5.10 Å². The van der Waals surface area contributed by atoms with Gasteiger partial charge in [-0.15, -0.1) is 0 Å². The van der Waals surface area contributed by atoms with Crippen LogP contribution in [0, 0.1) is 5.82 Å². The Labute approximate surface area is 158 Å². The molecule has 0 aromatic heterocycles. The average Bonchev–Trinajstić information content (AvgIpc) is 3.11. The van der Waals surface area contributed by atoms with E-state index in [4.69, 9.17) is 10.5 Å². The van der Waals surface area contributed by atoms with Crippen LogP contribution < -0.4 is 10.7 Å². The second-order valence-corrected chi connectivity index (χ2v) is 6.45. The van der Waals surface area contributed by atoms with Crippen molar-refractivity contribution in [1.82, 2.24) is 4.90 Å². The lowest BCUT2D eigenvalue weighted by Crippen LogP contribution is -2.45. The van der Waals surface area contributed by atoms with Crippen molar-refractivity contribution in [3.63, 3.8) is 0 Å². The van der Waals surface area contributed by atoms with Crippen molar-refractivity contribution < 1.29 is 18.7 Å². The number of nitrogens with zero attached hydrogens (tertiary/aromatic N) is 3. The van der Waals surface area contributed by atoms with E-state index in [0.29, 0.717) is 18.8 Å². The molecule has 0 bridgehead atoms. The normalized spacial score (nSPS) is 16.6. The minimum absolute atomic E-state index is 0.0576. The molecule has 1 aromatic carbocycles. The molecule has 0 fully saturated rings. The molecule has 0 radical (unpaired) electrons. The van der Waals surface area contributed by atoms with Gasteiger partial charge in [-0.1, -0.05) is 13.8 Å². The summed E-state index contributed by atoms with van der Waals surface area (Å²) in [6.45, 7) is 4.90. The second-order valence-electron chi connectivity index (χ2n) is 6.45. The third kappa shape index (κ3) is 4.82. The SMILES string of the molecule is CCC(CC)N(CCOC)C(=O)C1=NN(c2ccc(F)cc2)C(C(N)=O)C1. The van der Waals surface area contributed by atoms with E-state index in [1.807, 2.05) is 13.8 Å². The smallest absolute Gasteiger partial charge is 0.270 e. The lowest BCUT2D eigenvalue weighted by molar-refractivity contribution is -0.127. The number of nitrogens with two attached hydrogens (primary N) is 1. The highest BCUT2D eigenvalue weighted by Gasteiger charge is 2.37. The van der Waals surface area contributed by atoms with Gasteiger partial charge in [0.2, 0.25) is 5.91 Å². The zero-order valence-electron chi connectivity index (χ0n) is 16.0. The highest BCUT2D eigenvalue weighted by atomic mass is 19.1. The Balaban J connectivity index is 2.31. The fraction of sp³-hybridized carbons (Fsp3) is 0.526. The van der Waals surface area contributed by atoms with Gasteiger partial charge in [0.1, 0.15) is 17.6 Å². The van der Waals surface area contributed by atoms with Crippen molar-refractivity contribution >= 4 is 23.2 Å². The summed E-state index contributed by atoms with van der Waals surface area (Å²) in [5.41, 5.74) is 6.29. The molecule has 1 aliphatic heterocycles. The Morgan fingerprint density at radius 3 is 2.48 bits per heavy atom. The maximum atomic E-state index is 13.2. The van der Waals surface area contributed by atoms with Crippen molar-refractivity contribution in [1.29, 1.82) is 0 Å². The number of benzene rings is 1. The summed E-state index contributed by atoms with van der Waals surface area (Å²) < 4.78 is 18.3. The van der Waals surface area contributed by atoms with Gasteiger partial charge >= 0.3 is 0 Å². The van der Waals surface area contributed by atoms with Gasteiger partial charge in [0.05, 0.1) is 12.3 Å². The number of hydrogen-bond acceptors (Lipinski definition) is 5. The van der Waals surface area contributed by atoms with Crippen LogP contribution in [0.5, 0.6) is 0 Å². The van der Waals surface area contributed by atoms with Crippen molar-refractivity contribution in [2.24, 2.45) is 10.8 Å². The molecule has 1 atom stereocenters. The van der Waals surface area contributed by atoms with E-state index in [1.54, 1.807) is 12.0 Å². The highest BCUT2D eigenvalue weighted by Crippen LogP contribution is 2.26. The summed E-state index contributed by atoms with van der Waals surface area (Å²) in [6.07, 6.45) is 1.73. The Hall–Kier alpha value is -2.48. The van der Waals surface area contributed by atoms with E-state index in [1.165, 1.54) is 29.3 Å². The van der Waals surface area contributed by atoms with Crippen LogP contribution in [0.15, 0.2) is 29.4 Å². The first-order valence-electron chi connectivity index (χ1n) is 9.14. The van der Waals surface area contributed by atoms with Crippen molar-refractivity contribution in [3.8, 4) is 0 Å². The van der Waals surface area contributed by atoms with Crippen LogP contribution in [0.25, 0.3) is 0 Å². The number of halogens is 1. The Bertz CT molecular complexity index is 689. The van der Waals surface area contributed by atoms with E-state index in [9.17, 15) is 14.0 Å². The summed E-state index contributed by atoms with van der Waals surface area (Å²) in [7, 11) is 1.59. The number of carbonyl (C=O) groups is 2. The van der Waals surface area contributed by atoms with Crippen LogP contribution >= 0.6 is 0 Å². The van der Waals surface area contributed by atoms with Gasteiger partial charge in [-0.05, 0) is 37.1 Å². The van der Waals surface area contributed by atoms with Crippen LogP contribution in [0.1, 0.15) is 33.1 Å². The van der Waals surface area contributed by atoms with Gasteiger partial charge in [0, 0.05) is 26.1 Å². The maximum Gasteiger partial charge on any atom is 0.270 e. The third-order valence-electron chi connectivity index (χ3n) is 4.76. The first-order chi connectivity index (χ1) is 12.9. The highest BCUT2D eigenvalue weighted by molar-refractivity contribution is 6.40. The topological polar surface area (TPSA) is 88.2 Å². The first-order valence-corrected chi connectivity index (χ1v) is 9.14.